The molecule has 0 bridgehead atoms. The van der Waals surface area contributed by atoms with Crippen molar-refractivity contribution in [2.24, 2.45) is 0 Å². The topological polar surface area (TPSA) is 85.3 Å². The molecule has 9 heteroatoms. The van der Waals surface area contributed by atoms with Crippen molar-refractivity contribution in [3.8, 4) is 17.5 Å². The van der Waals surface area contributed by atoms with Gasteiger partial charge in [-0.3, -0.25) is 4.90 Å². The summed E-state index contributed by atoms with van der Waals surface area (Å²) in [7, 11) is 0. The van der Waals surface area contributed by atoms with Gasteiger partial charge in [0.05, 0.1) is 30.4 Å². The summed E-state index contributed by atoms with van der Waals surface area (Å²) < 4.78 is 18.7. The van der Waals surface area contributed by atoms with E-state index in [-0.39, 0.29) is 11.9 Å². The predicted octanol–water partition coefficient (Wildman–Crippen LogP) is 3.99. The minimum atomic E-state index is -0.445. The van der Waals surface area contributed by atoms with Crippen LogP contribution in [0.25, 0.3) is 16.5 Å². The lowest BCUT2D eigenvalue weighted by Gasteiger charge is -2.41. The van der Waals surface area contributed by atoms with Crippen molar-refractivity contribution in [2.75, 3.05) is 26.3 Å². The van der Waals surface area contributed by atoms with E-state index in [1.807, 2.05) is 6.07 Å². The molecule has 32 heavy (non-hydrogen) atoms. The van der Waals surface area contributed by atoms with Gasteiger partial charge in [-0.25, -0.2) is 0 Å². The molecule has 8 nitrogen and oxygen atoms in total. The second-order valence-corrected chi connectivity index (χ2v) is 9.36. The third kappa shape index (κ3) is 3.32. The molecule has 1 aromatic carbocycles. The first-order chi connectivity index (χ1) is 15.6. The van der Waals surface area contributed by atoms with Crippen LogP contribution in [0.5, 0.6) is 5.88 Å². The summed E-state index contributed by atoms with van der Waals surface area (Å²) in [6.07, 6.45) is 3.20. The summed E-state index contributed by atoms with van der Waals surface area (Å²) in [6.45, 7) is 5.02. The van der Waals surface area contributed by atoms with E-state index in [0.717, 1.165) is 36.4 Å². The van der Waals surface area contributed by atoms with Crippen LogP contribution in [0.3, 0.4) is 0 Å². The summed E-state index contributed by atoms with van der Waals surface area (Å²) >= 11 is 1.46. The van der Waals surface area contributed by atoms with Crippen LogP contribution in [-0.2, 0) is 9.47 Å². The van der Waals surface area contributed by atoms with Crippen LogP contribution in [0, 0.1) is 6.92 Å². The molecule has 0 radical (unpaired) electrons. The van der Waals surface area contributed by atoms with E-state index in [0.29, 0.717) is 29.8 Å². The molecule has 2 fully saturated rings. The third-order valence-electron chi connectivity index (χ3n) is 6.32. The highest BCUT2D eigenvalue weighted by atomic mass is 32.1. The number of furan rings is 1. The van der Waals surface area contributed by atoms with Gasteiger partial charge in [0.2, 0.25) is 16.7 Å². The van der Waals surface area contributed by atoms with Crippen LogP contribution in [-0.4, -0.2) is 56.7 Å². The number of hydrogen-bond acceptors (Lipinski definition) is 8. The van der Waals surface area contributed by atoms with Crippen molar-refractivity contribution < 1.29 is 19.0 Å². The quantitative estimate of drug-likeness (QED) is 0.501. The molecular formula is C23H24N4O4S. The Balaban J connectivity index is 1.37. The van der Waals surface area contributed by atoms with Crippen LogP contribution in [0.15, 0.2) is 47.1 Å². The molecule has 1 atom stereocenters. The van der Waals surface area contributed by atoms with Crippen molar-refractivity contribution in [1.82, 2.24) is 19.5 Å². The summed E-state index contributed by atoms with van der Waals surface area (Å²) in [5, 5.41) is 15.7. The minimum absolute atomic E-state index is 0.102. The van der Waals surface area contributed by atoms with Gasteiger partial charge in [-0.05, 0) is 24.6 Å². The lowest BCUT2D eigenvalue weighted by molar-refractivity contribution is -0.187. The maximum absolute atomic E-state index is 11.2. The van der Waals surface area contributed by atoms with E-state index in [2.05, 4.69) is 46.2 Å². The first-order valence-corrected chi connectivity index (χ1v) is 11.6. The largest absolute Gasteiger partial charge is 0.492 e. The zero-order valence-corrected chi connectivity index (χ0v) is 18.5. The van der Waals surface area contributed by atoms with Crippen LogP contribution < -0.4 is 0 Å². The van der Waals surface area contributed by atoms with Gasteiger partial charge in [0.25, 0.3) is 0 Å². The smallest absolute Gasteiger partial charge is 0.230 e. The van der Waals surface area contributed by atoms with Gasteiger partial charge < -0.3 is 19.0 Å². The summed E-state index contributed by atoms with van der Waals surface area (Å²) in [6, 6.07) is 12.0. The van der Waals surface area contributed by atoms with Gasteiger partial charge in [-0.15, -0.1) is 5.10 Å². The molecule has 6 rings (SSSR count). The second-order valence-electron chi connectivity index (χ2n) is 8.35. The van der Waals surface area contributed by atoms with Crippen LogP contribution in [0.2, 0.25) is 0 Å². The average molecular weight is 453 g/mol. The Morgan fingerprint density at radius 1 is 1.09 bits per heavy atom. The molecule has 2 aliphatic rings. The maximum Gasteiger partial charge on any atom is 0.230 e. The Morgan fingerprint density at radius 3 is 2.50 bits per heavy atom. The zero-order chi connectivity index (χ0) is 21.7. The average Bonchev–Trinajstić information content (AvgIpc) is 3.59. The Hall–Kier alpha value is -2.72. The first-order valence-electron chi connectivity index (χ1n) is 10.8. The standard InChI is InChI=1S/C23H24N4O4S/c1-15-4-6-16(7-5-15)18(26-10-8-23(9-11-26)30-13-14-31-23)19-21(28)27-22(32-19)24-20(25-27)17-3-2-12-29-17/h2-7,12,18,28H,8-11,13-14H2,1H3/t18-/m1/s1. The van der Waals surface area contributed by atoms with Crippen molar-refractivity contribution in [3.05, 3.63) is 58.7 Å². The lowest BCUT2D eigenvalue weighted by Crippen LogP contribution is -2.46. The van der Waals surface area contributed by atoms with E-state index in [4.69, 9.17) is 13.9 Å². The Kier molecular flexibility index (Phi) is 4.80. The Labute approximate surface area is 189 Å². The van der Waals surface area contributed by atoms with Crippen molar-refractivity contribution in [2.45, 2.75) is 31.6 Å². The molecular weight excluding hydrogens is 428 g/mol. The maximum atomic E-state index is 11.2. The number of ether oxygens (including phenoxy) is 2. The van der Waals surface area contributed by atoms with Gasteiger partial charge in [0.15, 0.2) is 11.5 Å². The number of piperidine rings is 1. The summed E-state index contributed by atoms with van der Waals surface area (Å²) in [5.41, 5.74) is 2.33. The molecule has 0 amide bonds. The summed E-state index contributed by atoms with van der Waals surface area (Å²) in [5.74, 6) is 0.717. The molecule has 1 N–H and O–H groups in total. The van der Waals surface area contributed by atoms with Crippen LogP contribution in [0.1, 0.15) is 34.9 Å². The predicted molar refractivity (Wildman–Crippen MR) is 119 cm³/mol. The molecule has 0 unspecified atom stereocenters. The number of benzene rings is 1. The molecule has 2 aliphatic heterocycles. The number of fused-ring (bicyclic) bond motifs is 1. The number of aromatic nitrogens is 3. The molecule has 2 saturated heterocycles. The zero-order valence-electron chi connectivity index (χ0n) is 17.7. The fraction of sp³-hybridized carbons (Fsp3) is 0.391. The highest BCUT2D eigenvalue weighted by Crippen LogP contribution is 2.43. The number of aromatic hydroxyl groups is 1. The first kappa shape index (κ1) is 19.9. The van der Waals surface area contributed by atoms with Gasteiger partial charge in [0, 0.05) is 25.9 Å². The molecule has 0 aliphatic carbocycles. The van der Waals surface area contributed by atoms with Crippen molar-refractivity contribution in [1.29, 1.82) is 0 Å². The monoisotopic (exact) mass is 452 g/mol. The van der Waals surface area contributed by atoms with E-state index in [1.165, 1.54) is 21.4 Å². The summed E-state index contributed by atoms with van der Waals surface area (Å²) in [4.78, 5) is 8.44. The molecule has 4 aromatic rings. The number of hydrogen-bond donors (Lipinski definition) is 1. The minimum Gasteiger partial charge on any atom is -0.492 e. The number of thiazole rings is 1. The highest BCUT2D eigenvalue weighted by Gasteiger charge is 2.42. The number of aryl methyl sites for hydroxylation is 1. The molecule has 166 valence electrons. The van der Waals surface area contributed by atoms with Crippen molar-refractivity contribution >= 4 is 16.3 Å². The molecule has 3 aromatic heterocycles. The third-order valence-corrected chi connectivity index (χ3v) is 7.39. The van der Waals surface area contributed by atoms with E-state index in [9.17, 15) is 5.11 Å². The molecule has 5 heterocycles. The Bertz CT molecular complexity index is 1220. The number of likely N-dealkylation sites (tertiary alicyclic amines) is 1. The van der Waals surface area contributed by atoms with E-state index >= 15 is 0 Å². The molecule has 0 saturated carbocycles. The SMILES string of the molecule is Cc1ccc([C@H](c2sc3nc(-c4ccco4)nn3c2O)N2CCC3(CC2)OCCO3)cc1. The number of rotatable bonds is 4. The second kappa shape index (κ2) is 7.70. The van der Waals surface area contributed by atoms with Gasteiger partial charge in [-0.2, -0.15) is 9.50 Å². The van der Waals surface area contributed by atoms with Crippen LogP contribution in [0.4, 0.5) is 0 Å². The fourth-order valence-electron chi connectivity index (χ4n) is 4.62. The van der Waals surface area contributed by atoms with Crippen molar-refractivity contribution in [3.63, 3.8) is 0 Å². The van der Waals surface area contributed by atoms with Gasteiger partial charge >= 0.3 is 0 Å². The lowest BCUT2D eigenvalue weighted by atomic mass is 9.97. The van der Waals surface area contributed by atoms with E-state index < -0.39 is 5.79 Å². The molecule has 1 spiro atoms. The van der Waals surface area contributed by atoms with Gasteiger partial charge in [0.1, 0.15) is 0 Å². The number of nitrogens with zero attached hydrogens (tertiary/aromatic N) is 4. The van der Waals surface area contributed by atoms with Gasteiger partial charge in [-0.1, -0.05) is 41.2 Å². The van der Waals surface area contributed by atoms with E-state index in [1.54, 1.807) is 12.3 Å². The Morgan fingerprint density at radius 2 is 1.84 bits per heavy atom. The van der Waals surface area contributed by atoms with Crippen LogP contribution >= 0.6 is 11.3 Å². The fourth-order valence-corrected chi connectivity index (χ4v) is 5.74. The normalized spacial score (nSPS) is 19.8. The highest BCUT2D eigenvalue weighted by molar-refractivity contribution is 7.17.